The zero-order valence-corrected chi connectivity index (χ0v) is 12.8. The van der Waals surface area contributed by atoms with E-state index in [1.165, 1.54) is 32.1 Å². The lowest BCUT2D eigenvalue weighted by Crippen LogP contribution is -2.11. The normalized spacial score (nSPS) is 10.8. The summed E-state index contributed by atoms with van der Waals surface area (Å²) in [6.07, 6.45) is 7.68. The highest BCUT2D eigenvalue weighted by Crippen LogP contribution is 2.04. The summed E-state index contributed by atoms with van der Waals surface area (Å²) in [5.74, 6) is -0.839. The molecule has 0 aliphatic carbocycles. The van der Waals surface area contributed by atoms with E-state index < -0.39 is 5.97 Å². The van der Waals surface area contributed by atoms with Crippen molar-refractivity contribution in [2.75, 3.05) is 39.6 Å². The van der Waals surface area contributed by atoms with Crippen LogP contribution in [0.4, 0.5) is 0 Å². The van der Waals surface area contributed by atoms with Gasteiger partial charge in [0.15, 0.2) is 0 Å². The molecular formula is C15H30O5. The van der Waals surface area contributed by atoms with Crippen LogP contribution in [0.3, 0.4) is 0 Å². The summed E-state index contributed by atoms with van der Waals surface area (Å²) in [5, 5.41) is 8.39. The lowest BCUT2D eigenvalue weighted by Gasteiger charge is -2.06. The Labute approximate surface area is 122 Å². The van der Waals surface area contributed by atoms with Crippen LogP contribution in [-0.2, 0) is 19.0 Å². The summed E-state index contributed by atoms with van der Waals surface area (Å²) < 4.78 is 15.8. The van der Waals surface area contributed by atoms with E-state index in [2.05, 4.69) is 6.92 Å². The van der Waals surface area contributed by atoms with Crippen LogP contribution in [0, 0.1) is 0 Å². The second-order valence-corrected chi connectivity index (χ2v) is 4.75. The number of ether oxygens (including phenoxy) is 3. The predicted molar refractivity (Wildman–Crippen MR) is 78.1 cm³/mol. The zero-order valence-electron chi connectivity index (χ0n) is 12.8. The third kappa shape index (κ3) is 17.4. The Kier molecular flexibility index (Phi) is 15.9. The van der Waals surface area contributed by atoms with E-state index in [4.69, 9.17) is 19.3 Å². The molecular weight excluding hydrogens is 260 g/mol. The fourth-order valence-electron chi connectivity index (χ4n) is 1.69. The van der Waals surface area contributed by atoms with E-state index in [0.717, 1.165) is 13.0 Å². The molecule has 0 unspecified atom stereocenters. The van der Waals surface area contributed by atoms with Gasteiger partial charge in [-0.25, -0.2) is 0 Å². The van der Waals surface area contributed by atoms with Gasteiger partial charge >= 0.3 is 5.97 Å². The van der Waals surface area contributed by atoms with Crippen molar-refractivity contribution in [1.29, 1.82) is 0 Å². The van der Waals surface area contributed by atoms with Crippen LogP contribution < -0.4 is 0 Å². The van der Waals surface area contributed by atoms with Crippen molar-refractivity contribution in [2.24, 2.45) is 0 Å². The molecule has 0 saturated carbocycles. The highest BCUT2D eigenvalue weighted by Gasteiger charge is 1.96. The third-order valence-electron chi connectivity index (χ3n) is 2.85. The second-order valence-electron chi connectivity index (χ2n) is 4.75. The maximum absolute atomic E-state index is 10.2. The molecule has 120 valence electrons. The van der Waals surface area contributed by atoms with Crippen molar-refractivity contribution >= 4 is 5.97 Å². The molecule has 0 aliphatic heterocycles. The highest BCUT2D eigenvalue weighted by atomic mass is 16.5. The second kappa shape index (κ2) is 16.4. The fraction of sp³-hybridized carbons (Fsp3) is 0.933. The van der Waals surface area contributed by atoms with Crippen LogP contribution in [0.5, 0.6) is 0 Å². The fourth-order valence-corrected chi connectivity index (χ4v) is 1.69. The minimum atomic E-state index is -0.839. The number of rotatable bonds is 16. The van der Waals surface area contributed by atoms with E-state index in [-0.39, 0.29) is 13.0 Å². The molecule has 5 nitrogen and oxygen atoms in total. The van der Waals surface area contributed by atoms with Gasteiger partial charge in [-0.05, 0) is 6.42 Å². The molecule has 0 spiro atoms. The number of unbranched alkanes of at least 4 members (excludes halogenated alkanes) is 5. The minimum absolute atomic E-state index is 0.0430. The van der Waals surface area contributed by atoms with Crippen molar-refractivity contribution in [3.63, 3.8) is 0 Å². The van der Waals surface area contributed by atoms with Crippen molar-refractivity contribution < 1.29 is 24.1 Å². The van der Waals surface area contributed by atoms with Gasteiger partial charge in [0.2, 0.25) is 0 Å². The van der Waals surface area contributed by atoms with Crippen LogP contribution in [0.15, 0.2) is 0 Å². The molecule has 0 rings (SSSR count). The van der Waals surface area contributed by atoms with Gasteiger partial charge < -0.3 is 19.3 Å². The largest absolute Gasteiger partial charge is 0.481 e. The molecule has 0 amide bonds. The summed E-state index contributed by atoms with van der Waals surface area (Å²) in [7, 11) is 0. The molecule has 0 atom stereocenters. The van der Waals surface area contributed by atoms with Crippen LogP contribution in [-0.4, -0.2) is 50.7 Å². The number of carbonyl (C=O) groups is 1. The van der Waals surface area contributed by atoms with Crippen LogP contribution in [0.2, 0.25) is 0 Å². The minimum Gasteiger partial charge on any atom is -0.481 e. The molecule has 0 aromatic heterocycles. The molecule has 0 fully saturated rings. The van der Waals surface area contributed by atoms with Gasteiger partial charge in [0, 0.05) is 6.61 Å². The van der Waals surface area contributed by atoms with Gasteiger partial charge in [0.05, 0.1) is 39.5 Å². The Morgan fingerprint density at radius 1 is 0.750 bits per heavy atom. The Bertz CT molecular complexity index is 208. The average Bonchev–Trinajstić information content (AvgIpc) is 2.43. The Hall–Kier alpha value is -0.650. The van der Waals surface area contributed by atoms with E-state index in [9.17, 15) is 4.79 Å². The molecule has 0 radical (unpaired) electrons. The van der Waals surface area contributed by atoms with E-state index in [0.29, 0.717) is 26.4 Å². The van der Waals surface area contributed by atoms with Crippen molar-refractivity contribution in [3.8, 4) is 0 Å². The summed E-state index contributed by atoms with van der Waals surface area (Å²) in [5.41, 5.74) is 0. The Morgan fingerprint density at radius 2 is 1.25 bits per heavy atom. The molecule has 0 aromatic carbocycles. The van der Waals surface area contributed by atoms with Crippen molar-refractivity contribution in [1.82, 2.24) is 0 Å². The average molecular weight is 290 g/mol. The molecule has 1 N–H and O–H groups in total. The van der Waals surface area contributed by atoms with Crippen LogP contribution >= 0.6 is 0 Å². The van der Waals surface area contributed by atoms with Crippen LogP contribution in [0.1, 0.15) is 51.9 Å². The van der Waals surface area contributed by atoms with E-state index in [1.807, 2.05) is 0 Å². The first-order chi connectivity index (χ1) is 9.77. The smallest absolute Gasteiger partial charge is 0.305 e. The predicted octanol–water partition coefficient (Wildman–Crippen LogP) is 2.87. The van der Waals surface area contributed by atoms with Gasteiger partial charge in [-0.3, -0.25) is 4.79 Å². The molecule has 0 aliphatic rings. The molecule has 0 saturated heterocycles. The lowest BCUT2D eigenvalue weighted by molar-refractivity contribution is -0.138. The summed E-state index contributed by atoms with van der Waals surface area (Å²) >= 11 is 0. The lowest BCUT2D eigenvalue weighted by atomic mass is 10.1. The SMILES string of the molecule is CCCCCCCCOCCOCCOCCC(=O)O. The summed E-state index contributed by atoms with van der Waals surface area (Å²) in [6.45, 7) is 5.38. The zero-order chi connectivity index (χ0) is 14.9. The standard InChI is InChI=1S/C15H30O5/c1-2-3-4-5-6-7-9-18-11-13-20-14-12-19-10-8-15(16)17/h2-14H2,1H3,(H,16,17). The molecule has 20 heavy (non-hydrogen) atoms. The first-order valence-electron chi connectivity index (χ1n) is 7.72. The Morgan fingerprint density at radius 3 is 1.85 bits per heavy atom. The van der Waals surface area contributed by atoms with E-state index in [1.54, 1.807) is 0 Å². The summed E-state index contributed by atoms with van der Waals surface area (Å²) in [6, 6.07) is 0. The number of hydrogen-bond donors (Lipinski definition) is 1. The van der Waals surface area contributed by atoms with Crippen LogP contribution in [0.25, 0.3) is 0 Å². The number of aliphatic carboxylic acids is 1. The van der Waals surface area contributed by atoms with Crippen molar-refractivity contribution in [2.45, 2.75) is 51.9 Å². The Balaban J connectivity index is 2.94. The topological polar surface area (TPSA) is 65.0 Å². The summed E-state index contributed by atoms with van der Waals surface area (Å²) in [4.78, 5) is 10.2. The van der Waals surface area contributed by atoms with Gasteiger partial charge in [-0.15, -0.1) is 0 Å². The maximum Gasteiger partial charge on any atom is 0.305 e. The van der Waals surface area contributed by atoms with Gasteiger partial charge in [-0.1, -0.05) is 39.0 Å². The molecule has 0 heterocycles. The van der Waals surface area contributed by atoms with Gasteiger partial charge in [-0.2, -0.15) is 0 Å². The molecule has 0 aromatic rings. The highest BCUT2D eigenvalue weighted by molar-refractivity contribution is 5.66. The number of carboxylic acids is 1. The monoisotopic (exact) mass is 290 g/mol. The molecule has 0 bridgehead atoms. The number of carboxylic acid groups (broad SMARTS) is 1. The quantitative estimate of drug-likeness (QED) is 0.443. The van der Waals surface area contributed by atoms with Gasteiger partial charge in [0.1, 0.15) is 0 Å². The first-order valence-corrected chi connectivity index (χ1v) is 7.72. The maximum atomic E-state index is 10.2. The van der Waals surface area contributed by atoms with Gasteiger partial charge in [0.25, 0.3) is 0 Å². The van der Waals surface area contributed by atoms with Crippen molar-refractivity contribution in [3.05, 3.63) is 0 Å². The molecule has 5 heteroatoms. The van der Waals surface area contributed by atoms with E-state index >= 15 is 0 Å². The first kappa shape index (κ1) is 19.4. The number of hydrogen-bond acceptors (Lipinski definition) is 4. The third-order valence-corrected chi connectivity index (χ3v) is 2.85.